The van der Waals surface area contributed by atoms with Gasteiger partial charge in [0.1, 0.15) is 5.82 Å². The van der Waals surface area contributed by atoms with E-state index >= 15 is 0 Å². The second kappa shape index (κ2) is 8.36. The summed E-state index contributed by atoms with van der Waals surface area (Å²) < 4.78 is 13.7. The van der Waals surface area contributed by atoms with Gasteiger partial charge in [-0.25, -0.2) is 4.39 Å². The topological polar surface area (TPSA) is 84.2 Å². The Labute approximate surface area is 124 Å². The lowest BCUT2D eigenvalue weighted by molar-refractivity contribution is -0.121. The summed E-state index contributed by atoms with van der Waals surface area (Å²) in [5.41, 5.74) is 5.65. The highest BCUT2D eigenvalue weighted by Crippen LogP contribution is 2.10. The van der Waals surface area contributed by atoms with Crippen LogP contribution in [0, 0.1) is 5.82 Å². The number of amides is 2. The minimum Gasteiger partial charge on any atom is -0.366 e. The normalized spacial score (nSPS) is 12.0. The Balaban J connectivity index is 2.36. The summed E-state index contributed by atoms with van der Waals surface area (Å²) in [5.74, 6) is -1.17. The van der Waals surface area contributed by atoms with E-state index in [9.17, 15) is 14.0 Å². The number of primary amides is 1. The predicted molar refractivity (Wildman–Crippen MR) is 79.1 cm³/mol. The number of hydrogen-bond donors (Lipinski definition) is 3. The molecule has 0 radical (unpaired) electrons. The summed E-state index contributed by atoms with van der Waals surface area (Å²) in [7, 11) is 0. The van der Waals surface area contributed by atoms with Crippen LogP contribution >= 0.6 is 0 Å². The summed E-state index contributed by atoms with van der Waals surface area (Å²) in [5, 5.41) is 5.85. The zero-order valence-electron chi connectivity index (χ0n) is 12.4. The van der Waals surface area contributed by atoms with E-state index in [0.717, 1.165) is 12.5 Å². The molecule has 2 amide bonds. The molecule has 1 rings (SSSR count). The molecule has 0 saturated carbocycles. The van der Waals surface area contributed by atoms with Crippen molar-refractivity contribution in [2.45, 2.75) is 39.3 Å². The Morgan fingerprint density at radius 3 is 2.67 bits per heavy atom. The lowest BCUT2D eigenvalue weighted by Gasteiger charge is -2.11. The third kappa shape index (κ3) is 5.91. The molecule has 0 bridgehead atoms. The van der Waals surface area contributed by atoms with E-state index in [0.29, 0.717) is 25.1 Å². The summed E-state index contributed by atoms with van der Waals surface area (Å²) in [6, 6.07) is 4.28. The molecule has 21 heavy (non-hydrogen) atoms. The van der Waals surface area contributed by atoms with Gasteiger partial charge in [0.15, 0.2) is 0 Å². The minimum atomic E-state index is -0.657. The molecule has 116 valence electrons. The van der Waals surface area contributed by atoms with Gasteiger partial charge in [-0.05, 0) is 25.5 Å². The fraction of sp³-hybridized carbons (Fsp3) is 0.467. The molecule has 1 atom stereocenters. The van der Waals surface area contributed by atoms with E-state index in [-0.39, 0.29) is 17.5 Å². The molecule has 0 aliphatic carbocycles. The molecule has 6 heteroatoms. The van der Waals surface area contributed by atoms with Gasteiger partial charge in [0, 0.05) is 36.7 Å². The van der Waals surface area contributed by atoms with Crippen molar-refractivity contribution in [1.29, 1.82) is 0 Å². The van der Waals surface area contributed by atoms with Gasteiger partial charge in [0.05, 0.1) is 0 Å². The number of nitrogens with one attached hydrogen (secondary N) is 2. The Kier molecular flexibility index (Phi) is 6.81. The van der Waals surface area contributed by atoms with Gasteiger partial charge < -0.3 is 16.4 Å². The zero-order valence-corrected chi connectivity index (χ0v) is 12.4. The Morgan fingerprint density at radius 2 is 2.10 bits per heavy atom. The average Bonchev–Trinajstić information content (AvgIpc) is 2.44. The number of halogens is 1. The van der Waals surface area contributed by atoms with Crippen molar-refractivity contribution in [2.75, 3.05) is 6.54 Å². The number of carbonyl (C=O) groups is 2. The number of benzene rings is 1. The summed E-state index contributed by atoms with van der Waals surface area (Å²) in [4.78, 5) is 22.4. The van der Waals surface area contributed by atoms with Crippen molar-refractivity contribution in [3.63, 3.8) is 0 Å². The van der Waals surface area contributed by atoms with Crippen LogP contribution in [0.3, 0.4) is 0 Å². The molecular weight excluding hydrogens is 273 g/mol. The van der Waals surface area contributed by atoms with E-state index in [2.05, 4.69) is 10.6 Å². The fourth-order valence-electron chi connectivity index (χ4n) is 1.72. The monoisotopic (exact) mass is 295 g/mol. The number of carbonyl (C=O) groups excluding carboxylic acids is 2. The van der Waals surface area contributed by atoms with Crippen LogP contribution in [0.5, 0.6) is 0 Å². The third-order valence-electron chi connectivity index (χ3n) is 3.20. The van der Waals surface area contributed by atoms with Gasteiger partial charge in [-0.2, -0.15) is 0 Å². The first kappa shape index (κ1) is 17.1. The largest absolute Gasteiger partial charge is 0.366 e. The summed E-state index contributed by atoms with van der Waals surface area (Å²) in [6.07, 6.45) is 1.22. The van der Waals surface area contributed by atoms with Crippen LogP contribution in [0.4, 0.5) is 4.39 Å². The fourth-order valence-corrected chi connectivity index (χ4v) is 1.72. The summed E-state index contributed by atoms with van der Waals surface area (Å²) >= 11 is 0. The quantitative estimate of drug-likeness (QED) is 0.632. The zero-order chi connectivity index (χ0) is 15.8. The molecule has 4 N–H and O–H groups in total. The van der Waals surface area contributed by atoms with Crippen molar-refractivity contribution >= 4 is 11.8 Å². The van der Waals surface area contributed by atoms with Crippen molar-refractivity contribution in [3.05, 3.63) is 35.1 Å². The number of hydrogen-bond acceptors (Lipinski definition) is 3. The smallest absolute Gasteiger partial charge is 0.248 e. The van der Waals surface area contributed by atoms with Crippen LogP contribution in [0.1, 0.15) is 42.6 Å². The average molecular weight is 295 g/mol. The molecule has 0 aromatic heterocycles. The first-order valence-electron chi connectivity index (χ1n) is 7.02. The Bertz CT molecular complexity index is 506. The highest BCUT2D eigenvalue weighted by atomic mass is 19.1. The van der Waals surface area contributed by atoms with Crippen LogP contribution in [-0.4, -0.2) is 24.4 Å². The maximum Gasteiger partial charge on any atom is 0.248 e. The van der Waals surface area contributed by atoms with E-state index in [1.807, 2.05) is 13.8 Å². The third-order valence-corrected chi connectivity index (χ3v) is 3.20. The van der Waals surface area contributed by atoms with Crippen LogP contribution < -0.4 is 16.4 Å². The number of rotatable bonds is 8. The van der Waals surface area contributed by atoms with E-state index < -0.39 is 11.7 Å². The molecule has 1 unspecified atom stereocenters. The molecular formula is C15H22FN3O2. The molecule has 0 aliphatic rings. The minimum absolute atomic E-state index is 0.0265. The maximum atomic E-state index is 13.7. The lowest BCUT2D eigenvalue weighted by Crippen LogP contribution is -2.33. The van der Waals surface area contributed by atoms with Crippen molar-refractivity contribution in [2.24, 2.45) is 5.73 Å². The van der Waals surface area contributed by atoms with Crippen molar-refractivity contribution in [3.8, 4) is 0 Å². The predicted octanol–water partition coefficient (Wildman–Crippen LogP) is 1.32. The van der Waals surface area contributed by atoms with E-state index in [1.54, 1.807) is 0 Å². The van der Waals surface area contributed by atoms with E-state index in [1.165, 1.54) is 12.1 Å². The SMILES string of the molecule is CCC(C)NC(=O)CCNCc1ccc(C(N)=O)cc1F. The first-order chi connectivity index (χ1) is 9.93. The van der Waals surface area contributed by atoms with Gasteiger partial charge >= 0.3 is 0 Å². The maximum absolute atomic E-state index is 13.7. The van der Waals surface area contributed by atoms with Crippen LogP contribution in [0.25, 0.3) is 0 Å². The molecule has 1 aromatic rings. The summed E-state index contributed by atoms with van der Waals surface area (Å²) in [6.45, 7) is 4.70. The molecule has 0 spiro atoms. The Hall–Kier alpha value is -1.95. The molecule has 5 nitrogen and oxygen atoms in total. The van der Waals surface area contributed by atoms with Crippen molar-refractivity contribution < 1.29 is 14.0 Å². The highest BCUT2D eigenvalue weighted by molar-refractivity contribution is 5.92. The number of nitrogens with two attached hydrogens (primary N) is 1. The van der Waals surface area contributed by atoms with Gasteiger partial charge in [-0.15, -0.1) is 0 Å². The van der Waals surface area contributed by atoms with Gasteiger partial charge in [-0.3, -0.25) is 9.59 Å². The van der Waals surface area contributed by atoms with Crippen LogP contribution in [0.15, 0.2) is 18.2 Å². The molecule has 0 saturated heterocycles. The molecule has 0 fully saturated rings. The highest BCUT2D eigenvalue weighted by Gasteiger charge is 2.08. The molecule has 0 heterocycles. The van der Waals surface area contributed by atoms with Gasteiger partial charge in [0.2, 0.25) is 11.8 Å². The molecule has 1 aromatic carbocycles. The second-order valence-electron chi connectivity index (χ2n) is 4.97. The molecule has 0 aliphatic heterocycles. The lowest BCUT2D eigenvalue weighted by atomic mass is 10.1. The Morgan fingerprint density at radius 1 is 1.38 bits per heavy atom. The van der Waals surface area contributed by atoms with Crippen molar-refractivity contribution in [1.82, 2.24) is 10.6 Å². The van der Waals surface area contributed by atoms with Crippen LogP contribution in [-0.2, 0) is 11.3 Å². The standard InChI is InChI=1S/C15H22FN3O2/c1-3-10(2)19-14(20)6-7-18-9-12-5-4-11(15(17)21)8-13(12)16/h4-5,8,10,18H,3,6-7,9H2,1-2H3,(H2,17,21)(H,19,20). The van der Waals surface area contributed by atoms with Gasteiger partial charge in [0.25, 0.3) is 0 Å². The first-order valence-corrected chi connectivity index (χ1v) is 7.02. The van der Waals surface area contributed by atoms with Gasteiger partial charge in [-0.1, -0.05) is 13.0 Å². The van der Waals surface area contributed by atoms with Crippen LogP contribution in [0.2, 0.25) is 0 Å². The van der Waals surface area contributed by atoms with E-state index in [4.69, 9.17) is 5.73 Å². The second-order valence-corrected chi connectivity index (χ2v) is 4.97.